The molecule has 4 nitrogen and oxygen atoms in total. The van der Waals surface area contributed by atoms with Crippen molar-refractivity contribution in [2.75, 3.05) is 11.5 Å². The zero-order chi connectivity index (χ0) is 16.4. The molecule has 1 aliphatic heterocycles. The van der Waals surface area contributed by atoms with Crippen LogP contribution in [0.4, 0.5) is 0 Å². The first kappa shape index (κ1) is 16.2. The van der Waals surface area contributed by atoms with E-state index < -0.39 is 15.8 Å². The molecule has 1 fully saturated rings. The molecule has 3 rings (SSSR count). The van der Waals surface area contributed by atoms with Gasteiger partial charge in [-0.3, -0.25) is 4.79 Å². The number of aryl methyl sites for hydroxylation is 1. The lowest BCUT2D eigenvalue weighted by Gasteiger charge is -2.20. The molecular formula is C17H19NO3S2. The smallest absolute Gasteiger partial charge is 0.224 e. The van der Waals surface area contributed by atoms with Gasteiger partial charge in [-0.2, -0.15) is 0 Å². The van der Waals surface area contributed by atoms with Gasteiger partial charge in [-0.15, -0.1) is 11.3 Å². The largest absolute Gasteiger partial charge is 0.344 e. The molecule has 2 heterocycles. The van der Waals surface area contributed by atoms with Gasteiger partial charge in [0.05, 0.1) is 23.5 Å². The van der Waals surface area contributed by atoms with Crippen molar-refractivity contribution in [1.82, 2.24) is 5.32 Å². The molecule has 0 bridgehead atoms. The Hall–Kier alpha value is -1.66. The summed E-state index contributed by atoms with van der Waals surface area (Å²) >= 11 is 1.58. The van der Waals surface area contributed by atoms with Gasteiger partial charge in [0, 0.05) is 4.88 Å². The van der Waals surface area contributed by atoms with Crippen LogP contribution in [0.15, 0.2) is 41.8 Å². The van der Waals surface area contributed by atoms with Crippen molar-refractivity contribution in [3.8, 4) is 0 Å². The van der Waals surface area contributed by atoms with Gasteiger partial charge in [0.15, 0.2) is 9.84 Å². The van der Waals surface area contributed by atoms with Crippen LogP contribution in [0.2, 0.25) is 0 Å². The van der Waals surface area contributed by atoms with E-state index in [0.717, 1.165) is 16.0 Å². The number of sulfone groups is 1. The SMILES string of the molecule is Cc1ccc([C@@H](NC(=O)[C@@H]2CCS(=O)(=O)C2)c2cccs2)cc1. The number of benzene rings is 1. The molecule has 0 aliphatic carbocycles. The Morgan fingerprint density at radius 1 is 1.26 bits per heavy atom. The highest BCUT2D eigenvalue weighted by Crippen LogP contribution is 2.28. The van der Waals surface area contributed by atoms with Gasteiger partial charge in [-0.25, -0.2) is 8.42 Å². The molecule has 1 saturated heterocycles. The van der Waals surface area contributed by atoms with E-state index in [1.54, 1.807) is 11.3 Å². The van der Waals surface area contributed by atoms with E-state index in [1.165, 1.54) is 0 Å². The number of nitrogens with one attached hydrogen (secondary N) is 1. The Morgan fingerprint density at radius 3 is 2.57 bits per heavy atom. The highest BCUT2D eigenvalue weighted by molar-refractivity contribution is 7.91. The first-order valence-electron chi connectivity index (χ1n) is 7.55. The van der Waals surface area contributed by atoms with Gasteiger partial charge in [0.25, 0.3) is 0 Å². The molecule has 0 spiro atoms. The summed E-state index contributed by atoms with van der Waals surface area (Å²) in [6, 6.07) is 11.8. The molecule has 0 saturated carbocycles. The summed E-state index contributed by atoms with van der Waals surface area (Å²) in [5, 5.41) is 5.02. The van der Waals surface area contributed by atoms with Gasteiger partial charge in [0.1, 0.15) is 0 Å². The highest BCUT2D eigenvalue weighted by atomic mass is 32.2. The summed E-state index contributed by atoms with van der Waals surface area (Å²) in [5.41, 5.74) is 2.17. The van der Waals surface area contributed by atoms with Crippen LogP contribution in [-0.2, 0) is 14.6 Å². The van der Waals surface area contributed by atoms with E-state index in [-0.39, 0.29) is 23.5 Å². The second-order valence-electron chi connectivity index (χ2n) is 5.97. The molecule has 23 heavy (non-hydrogen) atoms. The minimum Gasteiger partial charge on any atom is -0.344 e. The normalized spacial score (nSPS) is 21.0. The summed E-state index contributed by atoms with van der Waals surface area (Å²) in [6.07, 6.45) is 0.416. The van der Waals surface area contributed by atoms with Crippen molar-refractivity contribution in [1.29, 1.82) is 0 Å². The van der Waals surface area contributed by atoms with Crippen molar-refractivity contribution in [2.24, 2.45) is 5.92 Å². The van der Waals surface area contributed by atoms with E-state index in [4.69, 9.17) is 0 Å². The third kappa shape index (κ3) is 3.82. The van der Waals surface area contributed by atoms with Crippen LogP contribution in [0.25, 0.3) is 0 Å². The number of hydrogen-bond donors (Lipinski definition) is 1. The van der Waals surface area contributed by atoms with Crippen molar-refractivity contribution < 1.29 is 13.2 Å². The van der Waals surface area contributed by atoms with Crippen LogP contribution >= 0.6 is 11.3 Å². The van der Waals surface area contributed by atoms with E-state index in [1.807, 2.05) is 48.7 Å². The Balaban J connectivity index is 1.82. The number of carbonyl (C=O) groups is 1. The van der Waals surface area contributed by atoms with Crippen LogP contribution in [0, 0.1) is 12.8 Å². The highest BCUT2D eigenvalue weighted by Gasteiger charge is 2.34. The minimum absolute atomic E-state index is 0.0378. The molecule has 6 heteroatoms. The zero-order valence-corrected chi connectivity index (χ0v) is 14.5. The summed E-state index contributed by atoms with van der Waals surface area (Å²) in [5.74, 6) is -0.540. The molecule has 1 amide bonds. The molecule has 1 aliphatic rings. The van der Waals surface area contributed by atoms with Crippen molar-refractivity contribution in [3.05, 3.63) is 57.8 Å². The van der Waals surface area contributed by atoms with Crippen LogP contribution in [0.1, 0.15) is 28.5 Å². The second kappa shape index (κ2) is 6.45. The predicted molar refractivity (Wildman–Crippen MR) is 92.2 cm³/mol. The van der Waals surface area contributed by atoms with Gasteiger partial charge < -0.3 is 5.32 Å². The topological polar surface area (TPSA) is 63.2 Å². The summed E-state index contributed by atoms with van der Waals surface area (Å²) < 4.78 is 23.2. The Kier molecular flexibility index (Phi) is 4.55. The molecule has 0 unspecified atom stereocenters. The molecule has 1 aromatic heterocycles. The Morgan fingerprint density at radius 2 is 2.00 bits per heavy atom. The predicted octanol–water partition coefficient (Wildman–Crippen LogP) is 2.70. The third-order valence-corrected chi connectivity index (χ3v) is 6.83. The fraction of sp³-hybridized carbons (Fsp3) is 0.353. The molecule has 0 radical (unpaired) electrons. The number of hydrogen-bond acceptors (Lipinski definition) is 4. The maximum Gasteiger partial charge on any atom is 0.224 e. The fourth-order valence-electron chi connectivity index (χ4n) is 2.80. The fourth-order valence-corrected chi connectivity index (χ4v) is 5.34. The molecule has 2 aromatic rings. The number of rotatable bonds is 4. The lowest BCUT2D eigenvalue weighted by Crippen LogP contribution is -2.34. The second-order valence-corrected chi connectivity index (χ2v) is 9.18. The number of thiophene rings is 1. The summed E-state index contributed by atoms with van der Waals surface area (Å²) in [4.78, 5) is 13.6. The lowest BCUT2D eigenvalue weighted by molar-refractivity contribution is -0.124. The third-order valence-electron chi connectivity index (χ3n) is 4.13. The van der Waals surface area contributed by atoms with Gasteiger partial charge in [0.2, 0.25) is 5.91 Å². The maximum absolute atomic E-state index is 12.5. The molecule has 2 atom stereocenters. The quantitative estimate of drug-likeness (QED) is 0.923. The standard InChI is InChI=1S/C17H19NO3S2/c1-12-4-6-13(7-5-12)16(15-3-2-9-22-15)18-17(19)14-8-10-23(20,21)11-14/h2-7,9,14,16H,8,10-11H2,1H3,(H,18,19)/t14-,16-/m1/s1. The minimum atomic E-state index is -3.06. The Labute approximate surface area is 140 Å². The number of amides is 1. The van der Waals surface area contributed by atoms with E-state index in [9.17, 15) is 13.2 Å². The zero-order valence-electron chi connectivity index (χ0n) is 12.9. The monoisotopic (exact) mass is 349 g/mol. The van der Waals surface area contributed by atoms with Crippen LogP contribution in [0.5, 0.6) is 0 Å². The Bertz CT molecular complexity index is 780. The van der Waals surface area contributed by atoms with Crippen LogP contribution in [0.3, 0.4) is 0 Å². The van der Waals surface area contributed by atoms with Crippen molar-refractivity contribution in [2.45, 2.75) is 19.4 Å². The summed E-state index contributed by atoms with van der Waals surface area (Å²) in [7, 11) is -3.06. The molecular weight excluding hydrogens is 330 g/mol. The van der Waals surface area contributed by atoms with Gasteiger partial charge in [-0.1, -0.05) is 35.9 Å². The van der Waals surface area contributed by atoms with E-state index in [2.05, 4.69) is 5.32 Å². The van der Waals surface area contributed by atoms with E-state index in [0.29, 0.717) is 6.42 Å². The molecule has 1 N–H and O–H groups in total. The van der Waals surface area contributed by atoms with Crippen molar-refractivity contribution >= 4 is 27.1 Å². The van der Waals surface area contributed by atoms with Gasteiger partial charge in [-0.05, 0) is 30.4 Å². The van der Waals surface area contributed by atoms with Gasteiger partial charge >= 0.3 is 0 Å². The summed E-state index contributed by atoms with van der Waals surface area (Å²) in [6.45, 7) is 2.02. The van der Waals surface area contributed by atoms with Crippen LogP contribution in [-0.4, -0.2) is 25.8 Å². The van der Waals surface area contributed by atoms with Crippen LogP contribution < -0.4 is 5.32 Å². The first-order valence-corrected chi connectivity index (χ1v) is 10.3. The maximum atomic E-state index is 12.5. The molecule has 122 valence electrons. The van der Waals surface area contributed by atoms with Crippen molar-refractivity contribution in [3.63, 3.8) is 0 Å². The average Bonchev–Trinajstić information content (AvgIpc) is 3.15. The molecule has 1 aromatic carbocycles. The average molecular weight is 349 g/mol. The number of carbonyl (C=O) groups excluding carboxylic acids is 1. The lowest BCUT2D eigenvalue weighted by atomic mass is 10.0. The van der Waals surface area contributed by atoms with E-state index >= 15 is 0 Å². The first-order chi connectivity index (χ1) is 10.9.